The molecule has 0 radical (unpaired) electrons. The van der Waals surface area contributed by atoms with Crippen molar-refractivity contribution in [3.8, 4) is 0 Å². The van der Waals surface area contributed by atoms with Crippen LogP contribution in [0.5, 0.6) is 0 Å². The van der Waals surface area contributed by atoms with Crippen LogP contribution in [0, 0.1) is 0 Å². The van der Waals surface area contributed by atoms with E-state index in [-0.39, 0.29) is 12.4 Å². The highest BCUT2D eigenvalue weighted by Crippen LogP contribution is 2.38. The molecule has 0 saturated carbocycles. The van der Waals surface area contributed by atoms with Gasteiger partial charge in [0.15, 0.2) is 0 Å². The number of nitrogens with zero attached hydrogens (tertiary/aromatic N) is 3. The molecule has 140 valence electrons. The molecule has 0 fully saturated rings. The Bertz CT molecular complexity index is 884. The fourth-order valence-corrected chi connectivity index (χ4v) is 2.78. The fraction of sp³-hybridized carbons (Fsp3) is 0.222. The Kier molecular flexibility index (Phi) is 4.69. The molecular formula is C18H15F3N4O2. The van der Waals surface area contributed by atoms with Crippen molar-refractivity contribution in [2.24, 2.45) is 4.99 Å². The smallest absolute Gasteiger partial charge is 0.317 e. The second kappa shape index (κ2) is 6.82. The highest BCUT2D eigenvalue weighted by molar-refractivity contribution is 6.16. The van der Waals surface area contributed by atoms with Crippen molar-refractivity contribution in [2.75, 3.05) is 0 Å². The summed E-state index contributed by atoms with van der Waals surface area (Å²) < 4.78 is 41.5. The van der Waals surface area contributed by atoms with Crippen LogP contribution in [0.4, 0.5) is 13.2 Å². The summed E-state index contributed by atoms with van der Waals surface area (Å²) in [5.74, 6) is -2.55. The summed E-state index contributed by atoms with van der Waals surface area (Å²) in [5.41, 5.74) is -2.51. The van der Waals surface area contributed by atoms with E-state index in [9.17, 15) is 22.8 Å². The zero-order valence-corrected chi connectivity index (χ0v) is 14.2. The Morgan fingerprint density at radius 1 is 1.19 bits per heavy atom. The van der Waals surface area contributed by atoms with Gasteiger partial charge in [0.2, 0.25) is 5.91 Å². The largest absolute Gasteiger partial charge is 0.442 e. The second-order valence-electron chi connectivity index (χ2n) is 5.94. The van der Waals surface area contributed by atoms with Gasteiger partial charge in [0, 0.05) is 24.9 Å². The Morgan fingerprint density at radius 2 is 1.89 bits per heavy atom. The summed E-state index contributed by atoms with van der Waals surface area (Å²) in [5, 5.41) is 1.70. The van der Waals surface area contributed by atoms with E-state index in [2.05, 4.69) is 9.98 Å². The van der Waals surface area contributed by atoms with Crippen LogP contribution in [0.15, 0.2) is 59.9 Å². The molecule has 1 aromatic carbocycles. The molecule has 1 N–H and O–H groups in total. The number of carbonyl (C=O) groups excluding carboxylic acids is 2. The van der Waals surface area contributed by atoms with Gasteiger partial charge in [-0.3, -0.25) is 19.5 Å². The maximum Gasteiger partial charge on any atom is 0.442 e. The average Bonchev–Trinajstić information content (AvgIpc) is 2.90. The van der Waals surface area contributed by atoms with Crippen molar-refractivity contribution in [3.63, 3.8) is 0 Å². The van der Waals surface area contributed by atoms with Gasteiger partial charge >= 0.3 is 11.8 Å². The van der Waals surface area contributed by atoms with E-state index >= 15 is 0 Å². The lowest BCUT2D eigenvalue weighted by molar-refractivity contribution is -0.200. The number of benzene rings is 1. The van der Waals surface area contributed by atoms with Crippen LogP contribution in [0.1, 0.15) is 18.1 Å². The Balaban J connectivity index is 2.13. The number of nitrogens with one attached hydrogen (secondary N) is 1. The summed E-state index contributed by atoms with van der Waals surface area (Å²) in [6.07, 6.45) is -2.15. The summed E-state index contributed by atoms with van der Waals surface area (Å²) in [7, 11) is 0. The maximum absolute atomic E-state index is 13.8. The van der Waals surface area contributed by atoms with Crippen LogP contribution < -0.4 is 5.32 Å². The number of amides is 2. The molecule has 6 nitrogen and oxygen atoms in total. The minimum absolute atomic E-state index is 0.169. The van der Waals surface area contributed by atoms with Gasteiger partial charge in [-0.2, -0.15) is 13.2 Å². The maximum atomic E-state index is 13.8. The highest BCUT2D eigenvalue weighted by atomic mass is 19.4. The first kappa shape index (κ1) is 18.6. The molecule has 2 amide bonds. The summed E-state index contributed by atoms with van der Waals surface area (Å²) in [6, 6.07) is 11.3. The lowest BCUT2D eigenvalue weighted by Crippen LogP contribution is -2.63. The number of hydrogen-bond donors (Lipinski definition) is 1. The van der Waals surface area contributed by atoms with Crippen LogP contribution in [0.2, 0.25) is 0 Å². The van der Waals surface area contributed by atoms with Gasteiger partial charge in [-0.05, 0) is 11.6 Å². The molecule has 1 aromatic heterocycles. The average molecular weight is 376 g/mol. The van der Waals surface area contributed by atoms with Gasteiger partial charge < -0.3 is 5.32 Å². The van der Waals surface area contributed by atoms with E-state index in [1.807, 2.05) is 0 Å². The Morgan fingerprint density at radius 3 is 2.44 bits per heavy atom. The van der Waals surface area contributed by atoms with E-state index < -0.39 is 23.7 Å². The number of rotatable bonds is 4. The molecule has 0 bridgehead atoms. The molecule has 0 spiro atoms. The number of pyridine rings is 1. The molecule has 3 rings (SSSR count). The zero-order chi connectivity index (χ0) is 19.7. The minimum Gasteiger partial charge on any atom is -0.317 e. The minimum atomic E-state index is -5.11. The quantitative estimate of drug-likeness (QED) is 0.890. The van der Waals surface area contributed by atoms with Gasteiger partial charge in [0.1, 0.15) is 5.84 Å². The van der Waals surface area contributed by atoms with Crippen LogP contribution in [-0.4, -0.2) is 39.4 Å². The summed E-state index contributed by atoms with van der Waals surface area (Å²) in [4.78, 5) is 32.8. The third-order valence-electron chi connectivity index (χ3n) is 3.95. The molecule has 0 aliphatic carbocycles. The van der Waals surface area contributed by atoms with Crippen molar-refractivity contribution in [1.29, 1.82) is 0 Å². The van der Waals surface area contributed by atoms with E-state index in [0.29, 0.717) is 11.1 Å². The first-order valence-corrected chi connectivity index (χ1v) is 7.96. The lowest BCUT2D eigenvalue weighted by Gasteiger charge is -2.28. The summed E-state index contributed by atoms with van der Waals surface area (Å²) >= 11 is 0. The third-order valence-corrected chi connectivity index (χ3v) is 3.95. The highest BCUT2D eigenvalue weighted by Gasteiger charge is 2.66. The number of hydrogen-bond acceptors (Lipinski definition) is 4. The Labute approximate surface area is 152 Å². The Hall–Kier alpha value is -3.23. The number of aliphatic imine (C=N–C) groups is 1. The van der Waals surface area contributed by atoms with Gasteiger partial charge in [-0.1, -0.05) is 36.4 Å². The number of aromatic nitrogens is 1. The van der Waals surface area contributed by atoms with Gasteiger partial charge in [0.05, 0.1) is 6.54 Å². The van der Waals surface area contributed by atoms with E-state index in [4.69, 9.17) is 0 Å². The van der Waals surface area contributed by atoms with Crippen LogP contribution in [-0.2, 0) is 16.1 Å². The van der Waals surface area contributed by atoms with Crippen LogP contribution in [0.25, 0.3) is 0 Å². The van der Waals surface area contributed by atoms with E-state index in [1.165, 1.54) is 12.4 Å². The van der Waals surface area contributed by atoms with Gasteiger partial charge in [0.25, 0.3) is 5.91 Å². The molecule has 2 heterocycles. The number of amidine groups is 1. The third kappa shape index (κ3) is 3.40. The topological polar surface area (TPSA) is 74.7 Å². The molecule has 1 atom stereocenters. The SMILES string of the molecule is CC(=O)N[C@]1(C(F)(F)F)N=C(c2ccccc2)N(Cc2cccnc2)C1=O. The lowest BCUT2D eigenvalue weighted by atomic mass is 10.1. The van der Waals surface area contributed by atoms with Crippen molar-refractivity contribution in [1.82, 2.24) is 15.2 Å². The van der Waals surface area contributed by atoms with Crippen molar-refractivity contribution in [2.45, 2.75) is 25.3 Å². The van der Waals surface area contributed by atoms with E-state index in [0.717, 1.165) is 11.8 Å². The first-order valence-electron chi connectivity index (χ1n) is 7.96. The number of carbonyl (C=O) groups is 2. The molecular weight excluding hydrogens is 361 g/mol. The predicted octanol–water partition coefficient (Wildman–Crippen LogP) is 2.27. The number of halogens is 3. The van der Waals surface area contributed by atoms with Crippen molar-refractivity contribution >= 4 is 17.6 Å². The molecule has 27 heavy (non-hydrogen) atoms. The summed E-state index contributed by atoms with van der Waals surface area (Å²) in [6.45, 7) is 0.736. The molecule has 1 aliphatic heterocycles. The van der Waals surface area contributed by atoms with Crippen molar-refractivity contribution < 1.29 is 22.8 Å². The monoisotopic (exact) mass is 376 g/mol. The van der Waals surface area contributed by atoms with Crippen LogP contribution in [0.3, 0.4) is 0 Å². The fourth-order valence-electron chi connectivity index (χ4n) is 2.78. The standard InChI is InChI=1S/C18H15F3N4O2/c1-12(26)23-17(18(19,20)21)16(27)25(11-13-6-5-9-22-10-13)15(24-17)14-7-3-2-4-8-14/h2-10H,11H2,1H3,(H,23,26)/t17-/m0/s1. The van der Waals surface area contributed by atoms with Gasteiger partial charge in [-0.15, -0.1) is 0 Å². The van der Waals surface area contributed by atoms with Crippen molar-refractivity contribution in [3.05, 3.63) is 66.0 Å². The number of alkyl halides is 3. The van der Waals surface area contributed by atoms with Crippen LogP contribution >= 0.6 is 0 Å². The van der Waals surface area contributed by atoms with E-state index in [1.54, 1.807) is 47.8 Å². The van der Waals surface area contributed by atoms with Gasteiger partial charge in [-0.25, -0.2) is 4.99 Å². The zero-order valence-electron chi connectivity index (χ0n) is 14.2. The molecule has 0 unspecified atom stereocenters. The predicted molar refractivity (Wildman–Crippen MR) is 90.4 cm³/mol. The molecule has 2 aromatic rings. The molecule has 0 saturated heterocycles. The normalized spacial score (nSPS) is 19.8. The molecule has 9 heteroatoms. The second-order valence-corrected chi connectivity index (χ2v) is 5.94. The first-order chi connectivity index (χ1) is 12.7. The molecule has 1 aliphatic rings.